The van der Waals surface area contributed by atoms with Crippen molar-refractivity contribution in [1.29, 1.82) is 0 Å². The van der Waals surface area contributed by atoms with Gasteiger partial charge >= 0.3 is 0 Å². The van der Waals surface area contributed by atoms with Crippen LogP contribution in [-0.4, -0.2) is 27.2 Å². The molecule has 0 bridgehead atoms. The molecule has 3 heterocycles. The van der Waals surface area contributed by atoms with Crippen molar-refractivity contribution in [2.24, 2.45) is 0 Å². The monoisotopic (exact) mass is 352 g/mol. The van der Waals surface area contributed by atoms with E-state index in [2.05, 4.69) is 17.0 Å². The van der Waals surface area contributed by atoms with Crippen LogP contribution >= 0.6 is 11.6 Å². The highest BCUT2D eigenvalue weighted by molar-refractivity contribution is 6.30. The number of pyridine rings is 1. The summed E-state index contributed by atoms with van der Waals surface area (Å²) in [4.78, 5) is 19.0. The fourth-order valence-electron chi connectivity index (χ4n) is 3.19. The van der Waals surface area contributed by atoms with E-state index in [1.807, 2.05) is 35.3 Å². The second-order valence-electron chi connectivity index (χ2n) is 6.15. The Balaban J connectivity index is 1.66. The normalized spacial score (nSPS) is 15.1. The van der Waals surface area contributed by atoms with Crippen LogP contribution in [0.2, 0.25) is 5.02 Å². The summed E-state index contributed by atoms with van der Waals surface area (Å²) in [6.07, 6.45) is 8.00. The van der Waals surface area contributed by atoms with E-state index in [-0.39, 0.29) is 11.9 Å². The number of hydrogen-bond donors (Lipinski definition) is 0. The summed E-state index contributed by atoms with van der Waals surface area (Å²) in [5.74, 6) is -0.0105. The maximum absolute atomic E-state index is 12.9. The van der Waals surface area contributed by atoms with E-state index in [4.69, 9.17) is 11.6 Å². The van der Waals surface area contributed by atoms with Gasteiger partial charge in [0.15, 0.2) is 0 Å². The second-order valence-corrected chi connectivity index (χ2v) is 6.58. The molecule has 0 fully saturated rings. The number of hydrogen-bond acceptors (Lipinski definition) is 3. The van der Waals surface area contributed by atoms with Gasteiger partial charge in [-0.05, 0) is 54.8 Å². The van der Waals surface area contributed by atoms with Crippen LogP contribution in [0.15, 0.2) is 55.1 Å². The smallest absolute Gasteiger partial charge is 0.258 e. The Morgan fingerprint density at radius 3 is 2.92 bits per heavy atom. The predicted molar refractivity (Wildman–Crippen MR) is 97.1 cm³/mol. The van der Waals surface area contributed by atoms with Crippen molar-refractivity contribution in [2.45, 2.75) is 19.4 Å². The number of rotatable bonds is 3. The minimum absolute atomic E-state index is 0.0105. The fraction of sp³-hybridized carbons (Fsp3) is 0.211. The molecule has 0 N–H and O–H groups in total. The van der Waals surface area contributed by atoms with Gasteiger partial charge in [0.2, 0.25) is 0 Å². The molecule has 0 radical (unpaired) electrons. The van der Waals surface area contributed by atoms with Crippen LogP contribution in [0.1, 0.15) is 34.5 Å². The molecular weight excluding hydrogens is 336 g/mol. The summed E-state index contributed by atoms with van der Waals surface area (Å²) < 4.78 is 1.87. The summed E-state index contributed by atoms with van der Waals surface area (Å²) in [6, 6.07) is 9.39. The van der Waals surface area contributed by atoms with E-state index >= 15 is 0 Å². The van der Waals surface area contributed by atoms with Gasteiger partial charge in [0.25, 0.3) is 5.91 Å². The molecule has 0 saturated heterocycles. The van der Waals surface area contributed by atoms with E-state index in [1.54, 1.807) is 29.4 Å². The number of benzene rings is 1. The van der Waals surface area contributed by atoms with Gasteiger partial charge in [-0.2, -0.15) is 5.10 Å². The maximum Gasteiger partial charge on any atom is 0.258 e. The second kappa shape index (κ2) is 6.33. The number of carbonyl (C=O) groups is 1. The summed E-state index contributed by atoms with van der Waals surface area (Å²) in [5, 5.41) is 4.95. The number of fused-ring (bicyclic) bond motifs is 1. The maximum atomic E-state index is 12.9. The number of anilines is 1. The van der Waals surface area contributed by atoms with Gasteiger partial charge in [0.05, 0.1) is 17.9 Å². The lowest BCUT2D eigenvalue weighted by atomic mass is 9.98. The highest BCUT2D eigenvalue weighted by Gasteiger charge is 2.26. The quantitative estimate of drug-likeness (QED) is 0.721. The first-order chi connectivity index (χ1) is 12.1. The largest absolute Gasteiger partial charge is 0.306 e. The van der Waals surface area contributed by atoms with Gasteiger partial charge in [-0.25, -0.2) is 0 Å². The minimum Gasteiger partial charge on any atom is -0.306 e. The zero-order valence-electron chi connectivity index (χ0n) is 13.8. The van der Waals surface area contributed by atoms with Crippen molar-refractivity contribution in [1.82, 2.24) is 14.8 Å². The highest BCUT2D eigenvalue weighted by Crippen LogP contribution is 2.28. The SMILES string of the molecule is CC(c1cncc(N2CCc3cc(Cl)ccc3C2=O)c1)n1cccn1. The molecule has 1 aromatic carbocycles. The molecule has 126 valence electrons. The first kappa shape index (κ1) is 15.8. The Morgan fingerprint density at radius 1 is 1.24 bits per heavy atom. The van der Waals surface area contributed by atoms with Gasteiger partial charge in [0.1, 0.15) is 0 Å². The molecule has 0 aliphatic carbocycles. The van der Waals surface area contributed by atoms with E-state index < -0.39 is 0 Å². The van der Waals surface area contributed by atoms with Crippen molar-refractivity contribution < 1.29 is 4.79 Å². The average Bonchev–Trinajstić information content (AvgIpc) is 3.16. The first-order valence-corrected chi connectivity index (χ1v) is 8.55. The number of nitrogens with zero attached hydrogens (tertiary/aromatic N) is 4. The number of aromatic nitrogens is 3. The van der Waals surface area contributed by atoms with Crippen LogP contribution < -0.4 is 4.90 Å². The lowest BCUT2D eigenvalue weighted by Gasteiger charge is -2.29. The molecule has 1 atom stereocenters. The minimum atomic E-state index is -0.0105. The van der Waals surface area contributed by atoms with Crippen molar-refractivity contribution in [2.75, 3.05) is 11.4 Å². The summed E-state index contributed by atoms with van der Waals surface area (Å²) in [5.41, 5.74) is 3.53. The van der Waals surface area contributed by atoms with Crippen molar-refractivity contribution in [3.05, 3.63) is 76.8 Å². The van der Waals surface area contributed by atoms with Crippen LogP contribution in [0.25, 0.3) is 0 Å². The molecule has 1 aliphatic rings. The van der Waals surface area contributed by atoms with Gasteiger partial charge in [0, 0.05) is 35.7 Å². The Labute approximate surface area is 150 Å². The third-order valence-electron chi connectivity index (χ3n) is 4.61. The number of amides is 1. The van der Waals surface area contributed by atoms with Crippen LogP contribution in [0, 0.1) is 0 Å². The van der Waals surface area contributed by atoms with Crippen LogP contribution in [0.5, 0.6) is 0 Å². The third-order valence-corrected chi connectivity index (χ3v) is 4.84. The third kappa shape index (κ3) is 2.91. The van der Waals surface area contributed by atoms with Gasteiger partial charge in [-0.1, -0.05) is 11.6 Å². The summed E-state index contributed by atoms with van der Waals surface area (Å²) >= 11 is 6.04. The van der Waals surface area contributed by atoms with E-state index in [0.717, 1.165) is 23.2 Å². The molecule has 3 aromatic rings. The lowest BCUT2D eigenvalue weighted by Crippen LogP contribution is -2.37. The molecule has 0 saturated carbocycles. The Kier molecular flexibility index (Phi) is 4.01. The number of carbonyl (C=O) groups excluding carboxylic acids is 1. The molecule has 1 amide bonds. The zero-order valence-corrected chi connectivity index (χ0v) is 14.5. The molecule has 4 rings (SSSR count). The van der Waals surface area contributed by atoms with Gasteiger partial charge in [-0.15, -0.1) is 0 Å². The molecule has 1 aliphatic heterocycles. The average molecular weight is 353 g/mol. The van der Waals surface area contributed by atoms with E-state index in [0.29, 0.717) is 17.1 Å². The summed E-state index contributed by atoms with van der Waals surface area (Å²) in [7, 11) is 0. The molecule has 0 spiro atoms. The fourth-order valence-corrected chi connectivity index (χ4v) is 3.38. The number of halogens is 1. The van der Waals surface area contributed by atoms with Crippen LogP contribution in [0.4, 0.5) is 5.69 Å². The van der Waals surface area contributed by atoms with Crippen molar-refractivity contribution in [3.63, 3.8) is 0 Å². The Morgan fingerprint density at radius 2 is 2.12 bits per heavy atom. The Bertz CT molecular complexity index is 923. The molecule has 5 nitrogen and oxygen atoms in total. The Hall–Kier alpha value is -2.66. The first-order valence-electron chi connectivity index (χ1n) is 8.18. The topological polar surface area (TPSA) is 51.0 Å². The van der Waals surface area contributed by atoms with Crippen LogP contribution in [-0.2, 0) is 6.42 Å². The molecular formula is C19H17ClN4O. The van der Waals surface area contributed by atoms with Crippen LogP contribution in [0.3, 0.4) is 0 Å². The zero-order chi connectivity index (χ0) is 17.4. The molecule has 6 heteroatoms. The lowest BCUT2D eigenvalue weighted by molar-refractivity contribution is 0.0980. The standard InChI is InChI=1S/C19H17ClN4O/c1-13(24-7-2-6-22-24)15-10-17(12-21-11-15)23-8-5-14-9-16(20)3-4-18(14)19(23)25/h2-4,6-7,9-13H,5,8H2,1H3. The highest BCUT2D eigenvalue weighted by atomic mass is 35.5. The van der Waals surface area contributed by atoms with Crippen molar-refractivity contribution in [3.8, 4) is 0 Å². The van der Waals surface area contributed by atoms with E-state index in [9.17, 15) is 4.79 Å². The van der Waals surface area contributed by atoms with Crippen molar-refractivity contribution >= 4 is 23.2 Å². The van der Waals surface area contributed by atoms with Gasteiger partial charge in [-0.3, -0.25) is 14.5 Å². The predicted octanol–water partition coefficient (Wildman–Crippen LogP) is 3.74. The summed E-state index contributed by atoms with van der Waals surface area (Å²) in [6.45, 7) is 2.68. The molecule has 2 aromatic heterocycles. The molecule has 1 unspecified atom stereocenters. The van der Waals surface area contributed by atoms with Gasteiger partial charge < -0.3 is 4.90 Å². The molecule has 25 heavy (non-hydrogen) atoms. The van der Waals surface area contributed by atoms with E-state index in [1.165, 1.54) is 0 Å².